The Morgan fingerprint density at radius 3 is 2.88 bits per heavy atom. The number of rotatable bonds is 4. The molecule has 2 heterocycles. The lowest BCUT2D eigenvalue weighted by molar-refractivity contribution is 1.29. The largest absolute Gasteiger partial charge is 0.359 e. The second kappa shape index (κ2) is 6.29. The summed E-state index contributed by atoms with van der Waals surface area (Å²) in [6.45, 7) is 2.06. The minimum Gasteiger partial charge on any atom is -0.359 e. The molecule has 0 unspecified atom stereocenters. The van der Waals surface area contributed by atoms with Crippen molar-refractivity contribution in [1.29, 1.82) is 0 Å². The highest BCUT2D eigenvalue weighted by Crippen LogP contribution is 2.24. The molecule has 4 rings (SSSR count). The van der Waals surface area contributed by atoms with Gasteiger partial charge >= 0.3 is 0 Å². The van der Waals surface area contributed by atoms with Crippen LogP contribution in [0.5, 0.6) is 0 Å². The van der Waals surface area contributed by atoms with Crippen molar-refractivity contribution in [1.82, 2.24) is 9.97 Å². The van der Waals surface area contributed by atoms with Gasteiger partial charge in [-0.05, 0) is 19.1 Å². The molecule has 0 saturated carbocycles. The maximum Gasteiger partial charge on any atom is 0.203 e. The zero-order chi connectivity index (χ0) is 16.4. The van der Waals surface area contributed by atoms with E-state index < -0.39 is 0 Å². The number of anilines is 1. The Labute approximate surface area is 143 Å². The Morgan fingerprint density at radius 2 is 2.00 bits per heavy atom. The predicted molar refractivity (Wildman–Crippen MR) is 102 cm³/mol. The third kappa shape index (κ3) is 2.94. The van der Waals surface area contributed by atoms with Crippen LogP contribution in [-0.4, -0.2) is 16.2 Å². The van der Waals surface area contributed by atoms with Gasteiger partial charge in [0.2, 0.25) is 5.13 Å². The molecule has 2 aromatic carbocycles. The van der Waals surface area contributed by atoms with E-state index in [0.717, 1.165) is 33.2 Å². The van der Waals surface area contributed by atoms with Gasteiger partial charge in [-0.2, -0.15) is 5.10 Å². The van der Waals surface area contributed by atoms with Gasteiger partial charge in [0, 0.05) is 33.1 Å². The first kappa shape index (κ1) is 14.7. The molecule has 2 aromatic heterocycles. The number of hydrazone groups is 1. The summed E-state index contributed by atoms with van der Waals surface area (Å²) in [5.74, 6) is 0. The highest BCUT2D eigenvalue weighted by atomic mass is 32.1. The Balaban J connectivity index is 1.52. The highest BCUT2D eigenvalue weighted by Gasteiger charge is 2.04. The molecule has 4 aromatic rings. The molecular weight excluding hydrogens is 316 g/mol. The van der Waals surface area contributed by atoms with E-state index in [1.807, 2.05) is 35.9 Å². The number of nitrogens with zero attached hydrogens (tertiary/aromatic N) is 2. The summed E-state index contributed by atoms with van der Waals surface area (Å²) in [6, 6.07) is 18.4. The van der Waals surface area contributed by atoms with Crippen molar-refractivity contribution in [3.8, 4) is 11.3 Å². The van der Waals surface area contributed by atoms with Crippen LogP contribution >= 0.6 is 11.3 Å². The summed E-state index contributed by atoms with van der Waals surface area (Å²) in [4.78, 5) is 7.90. The van der Waals surface area contributed by atoms with Gasteiger partial charge in [0.15, 0.2) is 0 Å². The van der Waals surface area contributed by atoms with Crippen LogP contribution in [0.3, 0.4) is 0 Å². The molecule has 118 valence electrons. The number of aromatic nitrogens is 2. The topological polar surface area (TPSA) is 53.1 Å². The average Bonchev–Trinajstić information content (AvgIpc) is 3.22. The van der Waals surface area contributed by atoms with E-state index in [9.17, 15) is 0 Å². The van der Waals surface area contributed by atoms with Gasteiger partial charge in [-0.1, -0.05) is 42.5 Å². The first-order valence-electron chi connectivity index (χ1n) is 7.68. The molecule has 2 N–H and O–H groups in total. The number of aromatic amines is 1. The molecule has 24 heavy (non-hydrogen) atoms. The molecule has 0 aliphatic rings. The first-order valence-corrected chi connectivity index (χ1v) is 8.56. The van der Waals surface area contributed by atoms with Crippen LogP contribution in [0.1, 0.15) is 11.3 Å². The van der Waals surface area contributed by atoms with Crippen molar-refractivity contribution in [3.63, 3.8) is 0 Å². The van der Waals surface area contributed by atoms with Gasteiger partial charge in [0.25, 0.3) is 0 Å². The standard InChI is InChI=1S/C19H16N4S/c1-13-10-16-15(8-5-9-17(16)21-13)11-20-23-19-22-18(12-24-19)14-6-3-2-4-7-14/h2-12,21H,1H3,(H,22,23). The molecule has 5 heteroatoms. The predicted octanol–water partition coefficient (Wildman–Crippen LogP) is 5.05. The monoisotopic (exact) mass is 332 g/mol. The normalized spacial score (nSPS) is 11.4. The van der Waals surface area contributed by atoms with E-state index in [2.05, 4.69) is 57.8 Å². The SMILES string of the molecule is Cc1cc2c(C=NNc3nc(-c4ccccc4)cs3)cccc2[nH]1. The Kier molecular flexibility index (Phi) is 3.84. The number of nitrogens with one attached hydrogen (secondary N) is 2. The summed E-state index contributed by atoms with van der Waals surface area (Å²) < 4.78 is 0. The number of benzene rings is 2. The lowest BCUT2D eigenvalue weighted by atomic mass is 10.1. The third-order valence-corrected chi connectivity index (χ3v) is 4.52. The minimum absolute atomic E-state index is 0.780. The molecule has 0 saturated heterocycles. The van der Waals surface area contributed by atoms with Crippen LogP contribution in [0.15, 0.2) is 65.1 Å². The van der Waals surface area contributed by atoms with E-state index >= 15 is 0 Å². The summed E-state index contributed by atoms with van der Waals surface area (Å²) in [7, 11) is 0. The van der Waals surface area contributed by atoms with Crippen LogP contribution in [0, 0.1) is 6.92 Å². The van der Waals surface area contributed by atoms with Crippen LogP contribution in [0.25, 0.3) is 22.2 Å². The molecular formula is C19H16N4S. The highest BCUT2D eigenvalue weighted by molar-refractivity contribution is 7.14. The molecule has 0 aliphatic carbocycles. The third-order valence-electron chi connectivity index (χ3n) is 3.77. The Morgan fingerprint density at radius 1 is 1.12 bits per heavy atom. The smallest absolute Gasteiger partial charge is 0.203 e. The first-order chi connectivity index (χ1) is 11.8. The number of thiazole rings is 1. The molecule has 4 nitrogen and oxygen atoms in total. The van der Waals surface area contributed by atoms with Crippen molar-refractivity contribution in [3.05, 3.63) is 71.2 Å². The summed E-state index contributed by atoms with van der Waals surface area (Å²) in [5.41, 5.74) is 8.43. The second-order valence-electron chi connectivity index (χ2n) is 5.53. The van der Waals surface area contributed by atoms with Crippen molar-refractivity contribution in [2.45, 2.75) is 6.92 Å². The minimum atomic E-state index is 0.780. The van der Waals surface area contributed by atoms with Crippen LogP contribution in [0.4, 0.5) is 5.13 Å². The number of aryl methyl sites for hydroxylation is 1. The molecule has 0 spiro atoms. The molecule has 0 bridgehead atoms. The van der Waals surface area contributed by atoms with Gasteiger partial charge in [-0.25, -0.2) is 4.98 Å². The van der Waals surface area contributed by atoms with Gasteiger partial charge in [-0.15, -0.1) is 11.3 Å². The second-order valence-corrected chi connectivity index (χ2v) is 6.39. The van der Waals surface area contributed by atoms with E-state index in [1.54, 1.807) is 11.3 Å². The lowest BCUT2D eigenvalue weighted by Crippen LogP contribution is -1.90. The van der Waals surface area contributed by atoms with Crippen molar-refractivity contribution in [2.24, 2.45) is 5.10 Å². The zero-order valence-corrected chi connectivity index (χ0v) is 14.0. The van der Waals surface area contributed by atoms with Crippen LogP contribution < -0.4 is 5.43 Å². The molecule has 0 radical (unpaired) electrons. The number of fused-ring (bicyclic) bond motifs is 1. The maximum atomic E-state index is 4.57. The van der Waals surface area contributed by atoms with E-state index in [4.69, 9.17) is 0 Å². The maximum absolute atomic E-state index is 4.57. The fraction of sp³-hybridized carbons (Fsp3) is 0.0526. The Hall–Kier alpha value is -2.92. The lowest BCUT2D eigenvalue weighted by Gasteiger charge is -1.97. The van der Waals surface area contributed by atoms with Gasteiger partial charge in [-0.3, -0.25) is 5.43 Å². The van der Waals surface area contributed by atoms with E-state index in [0.29, 0.717) is 0 Å². The fourth-order valence-electron chi connectivity index (χ4n) is 2.65. The number of hydrogen-bond donors (Lipinski definition) is 2. The van der Waals surface area contributed by atoms with Gasteiger partial charge < -0.3 is 4.98 Å². The van der Waals surface area contributed by atoms with E-state index in [-0.39, 0.29) is 0 Å². The van der Waals surface area contributed by atoms with Crippen molar-refractivity contribution in [2.75, 3.05) is 5.43 Å². The van der Waals surface area contributed by atoms with Crippen molar-refractivity contribution < 1.29 is 0 Å². The Bertz CT molecular complexity index is 999. The van der Waals surface area contributed by atoms with E-state index in [1.165, 1.54) is 5.39 Å². The van der Waals surface area contributed by atoms with Gasteiger partial charge in [0.05, 0.1) is 11.9 Å². The molecule has 0 atom stereocenters. The number of hydrogen-bond acceptors (Lipinski definition) is 4. The molecule has 0 amide bonds. The number of H-pyrrole nitrogens is 1. The quantitative estimate of drug-likeness (QED) is 0.406. The molecule has 0 aliphatic heterocycles. The van der Waals surface area contributed by atoms with Crippen LogP contribution in [0.2, 0.25) is 0 Å². The molecule has 0 fully saturated rings. The van der Waals surface area contributed by atoms with Gasteiger partial charge in [0.1, 0.15) is 0 Å². The van der Waals surface area contributed by atoms with Crippen LogP contribution in [-0.2, 0) is 0 Å². The average molecular weight is 332 g/mol. The summed E-state index contributed by atoms with van der Waals surface area (Å²) >= 11 is 1.55. The summed E-state index contributed by atoms with van der Waals surface area (Å²) in [5, 5.41) is 8.32. The fourth-order valence-corrected chi connectivity index (χ4v) is 3.32. The zero-order valence-electron chi connectivity index (χ0n) is 13.2. The summed E-state index contributed by atoms with van der Waals surface area (Å²) in [6.07, 6.45) is 1.83. The van der Waals surface area contributed by atoms with Crippen molar-refractivity contribution >= 4 is 33.6 Å².